The molecule has 0 aliphatic carbocycles. The molecule has 0 radical (unpaired) electrons. The molecule has 82 valence electrons. The number of hydrogen-bond donors (Lipinski definition) is 1. The Hall–Kier alpha value is -0.220. The Kier molecular flexibility index (Phi) is 6.20. The van der Waals surface area contributed by atoms with Crippen LogP contribution in [0.2, 0.25) is 0 Å². The van der Waals surface area contributed by atoms with E-state index in [0.29, 0.717) is 18.6 Å². The summed E-state index contributed by atoms with van der Waals surface area (Å²) in [4.78, 5) is 20.0. The number of ether oxygens (including phenoxy) is 1. The zero-order valence-corrected chi connectivity index (χ0v) is 10.1. The van der Waals surface area contributed by atoms with E-state index in [1.54, 1.807) is 6.92 Å². The first-order chi connectivity index (χ1) is 6.33. The minimum atomic E-state index is -2.57. The van der Waals surface area contributed by atoms with Crippen molar-refractivity contribution in [1.82, 2.24) is 0 Å². The number of carbonyl (C=O) groups excluding carboxylic acids is 1. The molecule has 0 aliphatic heterocycles. The van der Waals surface area contributed by atoms with Gasteiger partial charge in [0.15, 0.2) is 6.49 Å². The summed E-state index contributed by atoms with van der Waals surface area (Å²) in [5, 5.41) is 0. The first-order valence-corrected chi connectivity index (χ1v) is 7.22. The van der Waals surface area contributed by atoms with E-state index < -0.39 is 12.5 Å². The molecule has 0 aromatic heterocycles. The van der Waals surface area contributed by atoms with Gasteiger partial charge in [-0.15, -0.1) is 0 Å². The predicted molar refractivity (Wildman–Crippen MR) is 58.8 cm³/mol. The van der Waals surface area contributed by atoms with Crippen LogP contribution >= 0.6 is 6.49 Å². The Morgan fingerprint density at radius 3 is 2.57 bits per heavy atom. The maximum Gasteiger partial charge on any atom is 0.333 e. The van der Waals surface area contributed by atoms with Gasteiger partial charge in [-0.2, -0.15) is 0 Å². The van der Waals surface area contributed by atoms with Crippen LogP contribution in [0.4, 0.5) is 0 Å². The molecule has 1 unspecified atom stereocenters. The van der Waals surface area contributed by atoms with Gasteiger partial charge in [0, 0.05) is 18.7 Å². The maximum absolute atomic E-state index is 10.9. The molecule has 0 saturated carbocycles. The molecule has 6 heteroatoms. The first kappa shape index (κ1) is 13.8. The summed E-state index contributed by atoms with van der Waals surface area (Å²) in [5.41, 5.74) is 0.369. The summed E-state index contributed by atoms with van der Waals surface area (Å²) in [6, 6.07) is 0. The lowest BCUT2D eigenvalue weighted by molar-refractivity contribution is -0.139. The topological polar surface area (TPSA) is 55.8 Å². The molecule has 4 nitrogen and oxygen atoms in total. The summed E-state index contributed by atoms with van der Waals surface area (Å²) >= 11 is 4.65. The van der Waals surface area contributed by atoms with Crippen LogP contribution in [-0.4, -0.2) is 30.7 Å². The van der Waals surface area contributed by atoms with Gasteiger partial charge in [-0.05, 0) is 18.7 Å². The fourth-order valence-corrected chi connectivity index (χ4v) is 1.27. The zero-order valence-electron chi connectivity index (χ0n) is 8.36. The van der Waals surface area contributed by atoms with Gasteiger partial charge in [-0.3, -0.25) is 0 Å². The number of rotatable bonds is 6. The van der Waals surface area contributed by atoms with Crippen molar-refractivity contribution in [1.29, 1.82) is 0 Å². The summed E-state index contributed by atoms with van der Waals surface area (Å²) in [5.74, 6) is -0.412. The van der Waals surface area contributed by atoms with E-state index >= 15 is 0 Å². The highest BCUT2D eigenvalue weighted by molar-refractivity contribution is 8.09. The number of esters is 1. The van der Waals surface area contributed by atoms with Crippen LogP contribution in [0.1, 0.15) is 13.3 Å². The van der Waals surface area contributed by atoms with E-state index in [0.717, 1.165) is 0 Å². The van der Waals surface area contributed by atoms with Gasteiger partial charge in [0.25, 0.3) is 0 Å². The largest absolute Gasteiger partial charge is 0.462 e. The highest BCUT2D eigenvalue weighted by Gasteiger charge is 2.05. The quantitative estimate of drug-likeness (QED) is 0.328. The van der Waals surface area contributed by atoms with E-state index in [2.05, 4.69) is 18.4 Å². The Morgan fingerprint density at radius 2 is 2.14 bits per heavy atom. The van der Waals surface area contributed by atoms with Crippen LogP contribution in [0.3, 0.4) is 0 Å². The predicted octanol–water partition coefficient (Wildman–Crippen LogP) is 1.44. The molecule has 0 aromatic carbocycles. The maximum atomic E-state index is 10.9. The van der Waals surface area contributed by atoms with Crippen LogP contribution in [0.25, 0.3) is 0 Å². The normalized spacial score (nSPS) is 14.5. The molecule has 0 spiro atoms. The number of hydrogen-bond acceptors (Lipinski definition) is 4. The van der Waals surface area contributed by atoms with Crippen molar-refractivity contribution in [3.8, 4) is 0 Å². The lowest BCUT2D eigenvalue weighted by Crippen LogP contribution is -2.07. The Morgan fingerprint density at radius 1 is 1.57 bits per heavy atom. The van der Waals surface area contributed by atoms with Gasteiger partial charge in [0.05, 0.1) is 13.2 Å². The highest BCUT2D eigenvalue weighted by atomic mass is 32.5. The van der Waals surface area contributed by atoms with Gasteiger partial charge in [-0.25, -0.2) is 4.79 Å². The molecule has 0 bridgehead atoms. The number of carbonyl (C=O) groups is 1. The van der Waals surface area contributed by atoms with Crippen LogP contribution in [0, 0.1) is 0 Å². The fourth-order valence-electron chi connectivity index (χ4n) is 0.581. The summed E-state index contributed by atoms with van der Waals surface area (Å²) in [7, 11) is 0. The third kappa shape index (κ3) is 8.38. The molecule has 0 fully saturated rings. The van der Waals surface area contributed by atoms with Crippen LogP contribution in [0.5, 0.6) is 0 Å². The van der Waals surface area contributed by atoms with E-state index in [1.807, 2.05) is 0 Å². The highest BCUT2D eigenvalue weighted by Crippen LogP contribution is 2.36. The second-order valence-electron chi connectivity index (χ2n) is 2.91. The monoisotopic (exact) mass is 238 g/mol. The van der Waals surface area contributed by atoms with E-state index in [1.165, 1.54) is 6.66 Å². The lowest BCUT2D eigenvalue weighted by Gasteiger charge is -2.09. The third-order valence-corrected chi connectivity index (χ3v) is 2.18. The molecule has 0 amide bonds. The summed E-state index contributed by atoms with van der Waals surface area (Å²) in [6.07, 6.45) is 0.520. The molecular formula is C8H15O4PS. The van der Waals surface area contributed by atoms with Crippen LogP contribution in [0.15, 0.2) is 12.2 Å². The Labute approximate surface area is 89.1 Å². The minimum absolute atomic E-state index is 0.251. The molecule has 0 aliphatic rings. The molecular weight excluding hydrogens is 223 g/mol. The lowest BCUT2D eigenvalue weighted by atomic mass is 10.4. The summed E-state index contributed by atoms with van der Waals surface area (Å²) < 4.78 is 9.74. The van der Waals surface area contributed by atoms with Crippen molar-refractivity contribution in [2.75, 3.05) is 19.9 Å². The molecule has 14 heavy (non-hydrogen) atoms. The van der Waals surface area contributed by atoms with Gasteiger partial charge >= 0.3 is 5.97 Å². The molecule has 0 saturated heterocycles. The Bertz CT molecular complexity index is 258. The fraction of sp³-hybridized carbons (Fsp3) is 0.625. The van der Waals surface area contributed by atoms with Gasteiger partial charge in [-0.1, -0.05) is 6.58 Å². The van der Waals surface area contributed by atoms with Crippen LogP contribution < -0.4 is 0 Å². The second kappa shape index (κ2) is 6.30. The van der Waals surface area contributed by atoms with Crippen LogP contribution in [-0.2, 0) is 25.9 Å². The minimum Gasteiger partial charge on any atom is -0.462 e. The van der Waals surface area contributed by atoms with Crippen molar-refractivity contribution in [3.63, 3.8) is 0 Å². The Balaban J connectivity index is 3.44. The molecule has 1 atom stereocenters. The van der Waals surface area contributed by atoms with Gasteiger partial charge in [0.1, 0.15) is 0 Å². The smallest absolute Gasteiger partial charge is 0.333 e. The second-order valence-corrected chi connectivity index (χ2v) is 6.80. The molecule has 0 heterocycles. The van der Waals surface area contributed by atoms with Crippen molar-refractivity contribution < 1.29 is 18.9 Å². The van der Waals surface area contributed by atoms with E-state index in [9.17, 15) is 4.79 Å². The molecule has 0 rings (SSSR count). The zero-order chi connectivity index (χ0) is 11.2. The standard InChI is InChI=1S/C8H15O4PS/c1-7(2)8(9)11-5-4-6-12-13(3,10)14/h1,4-6H2,2-3H3,(H,10,14). The molecule has 1 N–H and O–H groups in total. The SMILES string of the molecule is C=C(C)C(=O)OCCCOP(C)(O)=S. The van der Waals surface area contributed by atoms with Gasteiger partial charge in [0.2, 0.25) is 0 Å². The van der Waals surface area contributed by atoms with Crippen molar-refractivity contribution in [2.24, 2.45) is 0 Å². The summed E-state index contributed by atoms with van der Waals surface area (Å²) in [6.45, 7) is 4.47. The van der Waals surface area contributed by atoms with E-state index in [-0.39, 0.29) is 6.61 Å². The first-order valence-electron chi connectivity index (χ1n) is 4.10. The third-order valence-electron chi connectivity index (χ3n) is 1.20. The van der Waals surface area contributed by atoms with Gasteiger partial charge < -0.3 is 14.2 Å². The average molecular weight is 238 g/mol. The van der Waals surface area contributed by atoms with Crippen molar-refractivity contribution in [2.45, 2.75) is 13.3 Å². The molecule has 0 aromatic rings. The van der Waals surface area contributed by atoms with E-state index in [4.69, 9.17) is 14.2 Å². The van der Waals surface area contributed by atoms with Crippen molar-refractivity contribution in [3.05, 3.63) is 12.2 Å². The van der Waals surface area contributed by atoms with Crippen molar-refractivity contribution >= 4 is 24.3 Å². The average Bonchev–Trinajstić information content (AvgIpc) is 2.01.